The highest BCUT2D eigenvalue weighted by molar-refractivity contribution is 14.0. The molecule has 1 heterocycles. The molecule has 0 bridgehead atoms. The number of hydrogen-bond donors (Lipinski definition) is 2. The van der Waals surface area contributed by atoms with Crippen molar-refractivity contribution < 1.29 is 4.42 Å². The summed E-state index contributed by atoms with van der Waals surface area (Å²) in [4.78, 5) is 8.70. The zero-order valence-electron chi connectivity index (χ0n) is 16.2. The van der Waals surface area contributed by atoms with E-state index in [4.69, 9.17) is 4.42 Å². The van der Waals surface area contributed by atoms with E-state index < -0.39 is 0 Å². The molecule has 0 amide bonds. The second-order valence-electron chi connectivity index (χ2n) is 6.64. The van der Waals surface area contributed by atoms with Gasteiger partial charge in [-0.3, -0.25) is 4.99 Å². The molecule has 2 N–H and O–H groups in total. The van der Waals surface area contributed by atoms with Crippen LogP contribution in [-0.2, 0) is 6.54 Å². The van der Waals surface area contributed by atoms with Gasteiger partial charge in [0.2, 0.25) is 5.89 Å². The Morgan fingerprint density at radius 3 is 2.78 bits per heavy atom. The molecule has 7 heteroatoms. The fourth-order valence-corrected chi connectivity index (χ4v) is 4.39. The molecule has 1 fully saturated rings. The fourth-order valence-electron chi connectivity index (χ4n) is 3.25. The van der Waals surface area contributed by atoms with Crippen molar-refractivity contribution in [1.29, 1.82) is 0 Å². The number of halogens is 1. The van der Waals surface area contributed by atoms with Crippen LogP contribution in [0.25, 0.3) is 11.3 Å². The molecule has 0 radical (unpaired) electrons. The third-order valence-corrected chi connectivity index (χ3v) is 5.88. The predicted molar refractivity (Wildman–Crippen MR) is 125 cm³/mol. The third kappa shape index (κ3) is 6.41. The van der Waals surface area contributed by atoms with E-state index in [0.717, 1.165) is 22.5 Å². The van der Waals surface area contributed by atoms with Crippen LogP contribution >= 0.6 is 35.7 Å². The number of aromatic nitrogens is 1. The van der Waals surface area contributed by atoms with Crippen molar-refractivity contribution in [3.63, 3.8) is 0 Å². The zero-order chi connectivity index (χ0) is 18.4. The molecule has 5 nitrogen and oxygen atoms in total. The summed E-state index contributed by atoms with van der Waals surface area (Å²) in [6.07, 6.45) is 5.47. The Bertz CT molecular complexity index is 732. The summed E-state index contributed by atoms with van der Waals surface area (Å²) >= 11 is 2.06. The maximum atomic E-state index is 5.86. The van der Waals surface area contributed by atoms with Gasteiger partial charge < -0.3 is 15.1 Å². The van der Waals surface area contributed by atoms with Gasteiger partial charge in [0.05, 0.1) is 12.7 Å². The lowest BCUT2D eigenvalue weighted by Gasteiger charge is -2.16. The molecular weight excluding hydrogens is 471 g/mol. The number of benzene rings is 1. The molecule has 27 heavy (non-hydrogen) atoms. The Balaban J connectivity index is 0.00000261. The quantitative estimate of drug-likeness (QED) is 0.345. The largest absolute Gasteiger partial charge is 0.439 e. The van der Waals surface area contributed by atoms with Crippen LogP contribution in [0.4, 0.5) is 0 Å². The SMILES string of the molecule is CCSC1CCC(NC(=NC)NCc2ncc(-c3ccc(C)cc3)o2)C1.I. The van der Waals surface area contributed by atoms with Crippen LogP contribution in [0.5, 0.6) is 0 Å². The standard InChI is InChI=1S/C20H28N4OS.HI/c1-4-26-17-10-9-16(11-17)24-20(21-3)23-13-19-22-12-18(25-19)15-7-5-14(2)6-8-15;/h5-8,12,16-17H,4,9-11,13H2,1-3H3,(H2,21,23,24);1H. The number of rotatable bonds is 6. The maximum Gasteiger partial charge on any atom is 0.214 e. The Morgan fingerprint density at radius 1 is 1.30 bits per heavy atom. The molecule has 1 aromatic carbocycles. The number of thioether (sulfide) groups is 1. The van der Waals surface area contributed by atoms with Crippen LogP contribution in [0.1, 0.15) is 37.6 Å². The van der Waals surface area contributed by atoms with Gasteiger partial charge in [-0.25, -0.2) is 4.98 Å². The summed E-state index contributed by atoms with van der Waals surface area (Å²) in [6, 6.07) is 8.76. The van der Waals surface area contributed by atoms with Crippen LogP contribution < -0.4 is 10.6 Å². The number of hydrogen-bond acceptors (Lipinski definition) is 4. The normalized spacial score (nSPS) is 19.6. The Morgan fingerprint density at radius 2 is 2.07 bits per heavy atom. The molecule has 1 aliphatic rings. The first kappa shape index (κ1) is 22.1. The van der Waals surface area contributed by atoms with Crippen molar-refractivity contribution in [1.82, 2.24) is 15.6 Å². The van der Waals surface area contributed by atoms with E-state index >= 15 is 0 Å². The number of guanidine groups is 1. The number of nitrogens with one attached hydrogen (secondary N) is 2. The van der Waals surface area contributed by atoms with Crippen molar-refractivity contribution in [3.8, 4) is 11.3 Å². The van der Waals surface area contributed by atoms with Gasteiger partial charge >= 0.3 is 0 Å². The first-order chi connectivity index (χ1) is 12.7. The third-order valence-electron chi connectivity index (χ3n) is 4.65. The summed E-state index contributed by atoms with van der Waals surface area (Å²) in [5, 5.41) is 7.61. The molecule has 0 aliphatic heterocycles. The van der Waals surface area contributed by atoms with Crippen molar-refractivity contribution in [2.24, 2.45) is 4.99 Å². The molecule has 2 atom stereocenters. The number of aryl methyl sites for hydroxylation is 1. The maximum absolute atomic E-state index is 5.86. The van der Waals surface area contributed by atoms with E-state index in [1.54, 1.807) is 13.2 Å². The van der Waals surface area contributed by atoms with Crippen LogP contribution in [0.15, 0.2) is 39.9 Å². The first-order valence-corrected chi connectivity index (χ1v) is 10.3. The van der Waals surface area contributed by atoms with Crippen molar-refractivity contribution in [3.05, 3.63) is 41.9 Å². The van der Waals surface area contributed by atoms with Gasteiger partial charge in [0, 0.05) is 23.9 Å². The minimum atomic E-state index is 0. The van der Waals surface area contributed by atoms with Gasteiger partial charge in [0.1, 0.15) is 0 Å². The minimum absolute atomic E-state index is 0. The minimum Gasteiger partial charge on any atom is -0.439 e. The molecule has 1 aromatic heterocycles. The van der Waals surface area contributed by atoms with Gasteiger partial charge in [-0.2, -0.15) is 11.8 Å². The summed E-state index contributed by atoms with van der Waals surface area (Å²) in [6.45, 7) is 4.82. The number of nitrogens with zero attached hydrogens (tertiary/aromatic N) is 2. The molecule has 0 spiro atoms. The monoisotopic (exact) mass is 500 g/mol. The molecule has 3 rings (SSSR count). The second kappa shape index (κ2) is 10.9. The van der Waals surface area contributed by atoms with Gasteiger partial charge in [-0.15, -0.1) is 24.0 Å². The molecule has 0 saturated heterocycles. The second-order valence-corrected chi connectivity index (χ2v) is 8.22. The van der Waals surface area contributed by atoms with E-state index in [0.29, 0.717) is 18.5 Å². The van der Waals surface area contributed by atoms with Gasteiger partial charge in [-0.1, -0.05) is 36.8 Å². The molecule has 1 aliphatic carbocycles. The summed E-state index contributed by atoms with van der Waals surface area (Å²) < 4.78 is 5.86. The summed E-state index contributed by atoms with van der Waals surface area (Å²) in [7, 11) is 1.80. The average Bonchev–Trinajstić information content (AvgIpc) is 3.29. The van der Waals surface area contributed by atoms with Crippen molar-refractivity contribution in [2.75, 3.05) is 12.8 Å². The van der Waals surface area contributed by atoms with Crippen LogP contribution in [0, 0.1) is 6.92 Å². The predicted octanol–water partition coefficient (Wildman–Crippen LogP) is 4.61. The van der Waals surface area contributed by atoms with Gasteiger partial charge in [0.15, 0.2) is 11.7 Å². The Hall–Kier alpha value is -1.22. The van der Waals surface area contributed by atoms with E-state index in [9.17, 15) is 0 Å². The summed E-state index contributed by atoms with van der Waals surface area (Å²) in [5.74, 6) is 3.46. The Labute approximate surface area is 183 Å². The van der Waals surface area contributed by atoms with Crippen molar-refractivity contribution >= 4 is 41.7 Å². The highest BCUT2D eigenvalue weighted by Crippen LogP contribution is 2.29. The Kier molecular flexibility index (Phi) is 8.95. The highest BCUT2D eigenvalue weighted by atomic mass is 127. The number of oxazole rings is 1. The zero-order valence-corrected chi connectivity index (χ0v) is 19.3. The lowest BCUT2D eigenvalue weighted by molar-refractivity contribution is 0.495. The molecule has 2 unspecified atom stereocenters. The van der Waals surface area contributed by atoms with Crippen molar-refractivity contribution in [2.45, 2.75) is 50.9 Å². The van der Waals surface area contributed by atoms with Gasteiger partial charge in [-0.05, 0) is 31.9 Å². The topological polar surface area (TPSA) is 62.5 Å². The van der Waals surface area contributed by atoms with Crippen LogP contribution in [-0.4, -0.2) is 35.0 Å². The molecule has 2 aromatic rings. The van der Waals surface area contributed by atoms with E-state index in [2.05, 4.69) is 70.5 Å². The first-order valence-electron chi connectivity index (χ1n) is 9.28. The van der Waals surface area contributed by atoms with E-state index in [1.165, 1.54) is 30.6 Å². The van der Waals surface area contributed by atoms with Gasteiger partial charge in [0.25, 0.3) is 0 Å². The lowest BCUT2D eigenvalue weighted by atomic mass is 10.1. The van der Waals surface area contributed by atoms with Crippen LogP contribution in [0.2, 0.25) is 0 Å². The fraction of sp³-hybridized carbons (Fsp3) is 0.500. The smallest absolute Gasteiger partial charge is 0.214 e. The summed E-state index contributed by atoms with van der Waals surface area (Å²) in [5.41, 5.74) is 2.28. The average molecular weight is 500 g/mol. The molecule has 148 valence electrons. The molecular formula is C20H29IN4OS. The van der Waals surface area contributed by atoms with Crippen LogP contribution in [0.3, 0.4) is 0 Å². The van der Waals surface area contributed by atoms with E-state index in [1.807, 2.05) is 0 Å². The lowest BCUT2D eigenvalue weighted by Crippen LogP contribution is -2.42. The highest BCUT2D eigenvalue weighted by Gasteiger charge is 2.25. The van der Waals surface area contributed by atoms with E-state index in [-0.39, 0.29) is 24.0 Å². The molecule has 1 saturated carbocycles. The number of aliphatic imine (C=N–C) groups is 1.